The minimum Gasteiger partial charge on any atom is -0.497 e. The quantitative estimate of drug-likeness (QED) is 0.598. The van der Waals surface area contributed by atoms with Crippen LogP contribution in [0.3, 0.4) is 0 Å². The van der Waals surface area contributed by atoms with Gasteiger partial charge in [-0.3, -0.25) is 14.2 Å². The molecule has 33 heavy (non-hydrogen) atoms. The predicted molar refractivity (Wildman–Crippen MR) is 118 cm³/mol. The number of hydrogen-bond donors (Lipinski definition) is 0. The fourth-order valence-corrected chi connectivity index (χ4v) is 4.09. The summed E-state index contributed by atoms with van der Waals surface area (Å²) < 4.78 is 46.5. The van der Waals surface area contributed by atoms with Crippen molar-refractivity contribution in [1.82, 2.24) is 14.5 Å². The molecule has 10 heteroatoms. The van der Waals surface area contributed by atoms with Gasteiger partial charge in [0.15, 0.2) is 0 Å². The Morgan fingerprint density at radius 2 is 1.76 bits per heavy atom. The number of alkyl halides is 3. The van der Waals surface area contributed by atoms with Crippen LogP contribution in [-0.4, -0.2) is 53.6 Å². The molecule has 0 spiro atoms. The zero-order valence-corrected chi connectivity index (χ0v) is 18.2. The first-order valence-corrected chi connectivity index (χ1v) is 10.5. The van der Waals surface area contributed by atoms with Gasteiger partial charge in [0.1, 0.15) is 11.8 Å². The second kappa shape index (κ2) is 8.76. The predicted octanol–water partition coefficient (Wildman–Crippen LogP) is 3.33. The number of nitrogens with zero attached hydrogens (tertiary/aromatic N) is 4. The third kappa shape index (κ3) is 4.37. The molecular formula is C23H23F3N4O3. The van der Waals surface area contributed by atoms with E-state index in [1.807, 2.05) is 24.3 Å². The zero-order chi connectivity index (χ0) is 23.8. The molecule has 4 rings (SSSR count). The van der Waals surface area contributed by atoms with Crippen LogP contribution in [0.25, 0.3) is 11.0 Å². The van der Waals surface area contributed by atoms with Crippen LogP contribution in [0.2, 0.25) is 0 Å². The number of piperazine rings is 1. The molecule has 1 aliphatic heterocycles. The number of rotatable bonds is 4. The highest BCUT2D eigenvalue weighted by Gasteiger charge is 2.39. The van der Waals surface area contributed by atoms with Crippen molar-refractivity contribution in [2.24, 2.45) is 0 Å². The number of para-hydroxylation sites is 2. The summed E-state index contributed by atoms with van der Waals surface area (Å²) >= 11 is 0. The van der Waals surface area contributed by atoms with E-state index in [-0.39, 0.29) is 11.0 Å². The first kappa shape index (κ1) is 22.6. The molecule has 0 radical (unpaired) electrons. The molecule has 7 nitrogen and oxygen atoms in total. The molecule has 174 valence electrons. The second-order valence-electron chi connectivity index (χ2n) is 7.81. The van der Waals surface area contributed by atoms with Crippen molar-refractivity contribution in [2.45, 2.75) is 19.1 Å². The van der Waals surface area contributed by atoms with Crippen molar-refractivity contribution in [3.63, 3.8) is 0 Å². The molecule has 2 heterocycles. The zero-order valence-electron chi connectivity index (χ0n) is 18.2. The SMILES string of the molecule is COc1cccc(N2CCN(C(=O)[C@H](C)n3c(=O)c(C(F)(F)F)nc4ccccc43)CC2)c1. The Kier molecular flexibility index (Phi) is 6.01. The average molecular weight is 460 g/mol. The third-order valence-corrected chi connectivity index (χ3v) is 5.82. The van der Waals surface area contributed by atoms with Gasteiger partial charge in [0.05, 0.1) is 18.1 Å². The number of methoxy groups -OCH3 is 1. The normalized spacial score (nSPS) is 15.5. The van der Waals surface area contributed by atoms with Gasteiger partial charge in [-0.2, -0.15) is 13.2 Å². The summed E-state index contributed by atoms with van der Waals surface area (Å²) in [5.41, 5.74) is -1.69. The van der Waals surface area contributed by atoms with Gasteiger partial charge in [0.2, 0.25) is 11.6 Å². The maximum absolute atomic E-state index is 13.4. The van der Waals surface area contributed by atoms with E-state index in [4.69, 9.17) is 4.74 Å². The van der Waals surface area contributed by atoms with Crippen LogP contribution in [-0.2, 0) is 11.0 Å². The highest BCUT2D eigenvalue weighted by atomic mass is 19.4. The number of ether oxygens (including phenoxy) is 1. The van der Waals surface area contributed by atoms with Crippen LogP contribution in [0.5, 0.6) is 5.75 Å². The van der Waals surface area contributed by atoms with Crippen LogP contribution >= 0.6 is 0 Å². The monoisotopic (exact) mass is 460 g/mol. The number of fused-ring (bicyclic) bond motifs is 1. The maximum atomic E-state index is 13.4. The highest BCUT2D eigenvalue weighted by Crippen LogP contribution is 2.28. The van der Waals surface area contributed by atoms with Crippen LogP contribution in [0, 0.1) is 0 Å². The van der Waals surface area contributed by atoms with E-state index >= 15 is 0 Å². The van der Waals surface area contributed by atoms with E-state index in [0.717, 1.165) is 16.0 Å². The molecular weight excluding hydrogens is 437 g/mol. The Bertz CT molecular complexity index is 1230. The number of carbonyl (C=O) groups excluding carboxylic acids is 1. The summed E-state index contributed by atoms with van der Waals surface area (Å²) in [7, 11) is 1.59. The summed E-state index contributed by atoms with van der Waals surface area (Å²) in [5.74, 6) is 0.316. The third-order valence-electron chi connectivity index (χ3n) is 5.82. The van der Waals surface area contributed by atoms with E-state index < -0.39 is 29.4 Å². The molecule has 0 bridgehead atoms. The van der Waals surface area contributed by atoms with Gasteiger partial charge in [-0.1, -0.05) is 18.2 Å². The molecule has 0 N–H and O–H groups in total. The molecule has 1 fully saturated rings. The first-order chi connectivity index (χ1) is 15.7. The van der Waals surface area contributed by atoms with Gasteiger partial charge in [0.25, 0.3) is 5.56 Å². The number of hydrogen-bond acceptors (Lipinski definition) is 5. The number of benzene rings is 2. The molecule has 3 aromatic rings. The smallest absolute Gasteiger partial charge is 0.438 e. The van der Waals surface area contributed by atoms with E-state index in [0.29, 0.717) is 26.2 Å². The van der Waals surface area contributed by atoms with Crippen LogP contribution in [0.15, 0.2) is 53.3 Å². The van der Waals surface area contributed by atoms with Gasteiger partial charge >= 0.3 is 6.18 Å². The topological polar surface area (TPSA) is 67.7 Å². The standard InChI is InChI=1S/C23H23F3N4O3/c1-15(30-19-9-4-3-8-18(19)27-20(22(30)32)23(24,25)26)21(31)29-12-10-28(11-13-29)16-6-5-7-17(14-16)33-2/h3-9,14-15H,10-13H2,1-2H3/t15-/m0/s1. The van der Waals surface area contributed by atoms with Gasteiger partial charge in [-0.25, -0.2) is 4.98 Å². The number of halogens is 3. The van der Waals surface area contributed by atoms with Gasteiger partial charge in [-0.15, -0.1) is 0 Å². The molecule has 0 saturated carbocycles. The molecule has 0 unspecified atom stereocenters. The van der Waals surface area contributed by atoms with Crippen molar-refractivity contribution in [2.75, 3.05) is 38.2 Å². The molecule has 1 aromatic heterocycles. The minimum atomic E-state index is -4.92. The number of amides is 1. The first-order valence-electron chi connectivity index (χ1n) is 10.5. The summed E-state index contributed by atoms with van der Waals surface area (Å²) in [6.45, 7) is 3.30. The highest BCUT2D eigenvalue weighted by molar-refractivity contribution is 5.83. The van der Waals surface area contributed by atoms with Crippen LogP contribution in [0.4, 0.5) is 18.9 Å². The van der Waals surface area contributed by atoms with Gasteiger partial charge < -0.3 is 14.5 Å². The number of carbonyl (C=O) groups is 1. The van der Waals surface area contributed by atoms with Crippen LogP contribution < -0.4 is 15.2 Å². The summed E-state index contributed by atoms with van der Waals surface area (Å²) in [6, 6.07) is 12.5. The molecule has 2 aromatic carbocycles. The molecule has 1 aliphatic rings. The lowest BCUT2D eigenvalue weighted by Crippen LogP contribution is -2.51. The van der Waals surface area contributed by atoms with Crippen LogP contribution in [0.1, 0.15) is 18.7 Å². The van der Waals surface area contributed by atoms with Crippen molar-refractivity contribution < 1.29 is 22.7 Å². The minimum absolute atomic E-state index is 0.00641. The number of anilines is 1. The van der Waals surface area contributed by atoms with E-state index in [1.165, 1.54) is 25.1 Å². The summed E-state index contributed by atoms with van der Waals surface area (Å²) in [6.07, 6.45) is -4.92. The fourth-order valence-electron chi connectivity index (χ4n) is 4.09. The van der Waals surface area contributed by atoms with Crippen molar-refractivity contribution in [1.29, 1.82) is 0 Å². The van der Waals surface area contributed by atoms with Crippen molar-refractivity contribution in [3.05, 3.63) is 64.6 Å². The number of aromatic nitrogens is 2. The Morgan fingerprint density at radius 3 is 2.42 bits per heavy atom. The lowest BCUT2D eigenvalue weighted by Gasteiger charge is -2.37. The lowest BCUT2D eigenvalue weighted by atomic mass is 10.2. The second-order valence-corrected chi connectivity index (χ2v) is 7.81. The summed E-state index contributed by atoms with van der Waals surface area (Å²) in [4.78, 5) is 33.2. The Balaban J connectivity index is 1.59. The lowest BCUT2D eigenvalue weighted by molar-refractivity contribution is -0.143. The van der Waals surface area contributed by atoms with Crippen molar-refractivity contribution in [3.8, 4) is 5.75 Å². The Hall–Kier alpha value is -3.56. The van der Waals surface area contributed by atoms with E-state index in [2.05, 4.69) is 9.88 Å². The molecule has 1 atom stereocenters. The average Bonchev–Trinajstić information content (AvgIpc) is 2.82. The van der Waals surface area contributed by atoms with Crippen molar-refractivity contribution >= 4 is 22.6 Å². The van der Waals surface area contributed by atoms with E-state index in [1.54, 1.807) is 18.1 Å². The molecule has 1 saturated heterocycles. The Labute approximate surface area is 188 Å². The Morgan fingerprint density at radius 1 is 1.06 bits per heavy atom. The molecule has 0 aliphatic carbocycles. The van der Waals surface area contributed by atoms with E-state index in [9.17, 15) is 22.8 Å². The fraction of sp³-hybridized carbons (Fsp3) is 0.348. The maximum Gasteiger partial charge on any atom is 0.438 e. The largest absolute Gasteiger partial charge is 0.497 e. The van der Waals surface area contributed by atoms with Gasteiger partial charge in [0, 0.05) is 37.9 Å². The van der Waals surface area contributed by atoms with Gasteiger partial charge in [-0.05, 0) is 31.2 Å². The molecule has 1 amide bonds. The summed E-state index contributed by atoms with van der Waals surface area (Å²) in [5, 5.41) is 0.